The van der Waals surface area contributed by atoms with Crippen LogP contribution in [0.3, 0.4) is 0 Å². The van der Waals surface area contributed by atoms with Crippen molar-refractivity contribution in [2.75, 3.05) is 12.4 Å². The van der Waals surface area contributed by atoms with Crippen LogP contribution in [-0.4, -0.2) is 18.1 Å². The number of hydrogen-bond acceptors (Lipinski definition) is 3. The van der Waals surface area contributed by atoms with Crippen LogP contribution in [0.1, 0.15) is 17.3 Å². The number of thioether (sulfide) groups is 1. The highest BCUT2D eigenvalue weighted by atomic mass is 35.5. The second-order valence-electron chi connectivity index (χ2n) is 4.22. The number of ether oxygens (including phenoxy) is 1. The molecule has 0 heterocycles. The van der Waals surface area contributed by atoms with Crippen LogP contribution in [0.15, 0.2) is 47.4 Å². The van der Waals surface area contributed by atoms with Crippen LogP contribution in [0.25, 0.3) is 0 Å². The second-order valence-corrected chi connectivity index (χ2v) is 6.08. The minimum atomic E-state index is 0.0000853. The first kappa shape index (κ1) is 16.2. The summed E-state index contributed by atoms with van der Waals surface area (Å²) >= 11 is 13.4. The molecule has 110 valence electrons. The van der Waals surface area contributed by atoms with Gasteiger partial charge in [0, 0.05) is 9.92 Å². The smallest absolute Gasteiger partial charge is 0.176 e. The summed E-state index contributed by atoms with van der Waals surface area (Å²) < 4.78 is 5.48. The molecular formula is C16H14Cl2O2S. The molecule has 21 heavy (non-hydrogen) atoms. The van der Waals surface area contributed by atoms with Crippen molar-refractivity contribution in [2.45, 2.75) is 11.8 Å². The Morgan fingerprint density at radius 1 is 1.19 bits per heavy atom. The molecule has 2 aromatic carbocycles. The fourth-order valence-corrected chi connectivity index (χ4v) is 3.16. The maximum Gasteiger partial charge on any atom is 0.176 e. The lowest BCUT2D eigenvalue weighted by Gasteiger charge is -2.09. The fraction of sp³-hybridized carbons (Fsp3) is 0.188. The lowest BCUT2D eigenvalue weighted by atomic mass is 10.1. The van der Waals surface area contributed by atoms with Gasteiger partial charge in [0.05, 0.1) is 22.9 Å². The van der Waals surface area contributed by atoms with E-state index in [4.69, 9.17) is 27.9 Å². The highest BCUT2D eigenvalue weighted by Gasteiger charge is 2.13. The van der Waals surface area contributed by atoms with Gasteiger partial charge in [-0.1, -0.05) is 35.3 Å². The number of para-hydroxylation sites is 1. The van der Waals surface area contributed by atoms with E-state index >= 15 is 0 Å². The molecule has 2 aromatic rings. The molecule has 0 unspecified atom stereocenters. The van der Waals surface area contributed by atoms with Crippen LogP contribution in [0, 0.1) is 0 Å². The number of halogens is 2. The van der Waals surface area contributed by atoms with Crippen LogP contribution < -0.4 is 4.74 Å². The molecule has 0 bridgehead atoms. The van der Waals surface area contributed by atoms with Gasteiger partial charge in [0.2, 0.25) is 0 Å². The van der Waals surface area contributed by atoms with Crippen molar-refractivity contribution in [3.05, 3.63) is 58.1 Å². The summed E-state index contributed by atoms with van der Waals surface area (Å²) in [4.78, 5) is 13.1. The molecule has 0 saturated heterocycles. The van der Waals surface area contributed by atoms with Crippen LogP contribution in [-0.2, 0) is 0 Å². The van der Waals surface area contributed by atoms with Gasteiger partial charge in [-0.15, -0.1) is 11.8 Å². The first-order valence-corrected chi connectivity index (χ1v) is 8.19. The minimum absolute atomic E-state index is 0.0000853. The Morgan fingerprint density at radius 3 is 2.71 bits per heavy atom. The molecule has 0 fully saturated rings. The number of carbonyl (C=O) groups excluding carboxylic acids is 1. The molecule has 0 radical (unpaired) electrons. The van der Waals surface area contributed by atoms with Gasteiger partial charge in [-0.2, -0.15) is 0 Å². The Morgan fingerprint density at radius 2 is 1.95 bits per heavy atom. The molecule has 0 N–H and O–H groups in total. The molecule has 0 aliphatic rings. The minimum Gasteiger partial charge on any atom is -0.493 e. The van der Waals surface area contributed by atoms with E-state index in [1.165, 1.54) is 11.8 Å². The van der Waals surface area contributed by atoms with E-state index in [1.807, 2.05) is 19.1 Å². The van der Waals surface area contributed by atoms with Crippen molar-refractivity contribution in [1.29, 1.82) is 0 Å². The number of Topliss-reactive ketones (excluding diaryl/α,β-unsaturated/α-hetero) is 1. The lowest BCUT2D eigenvalue weighted by Crippen LogP contribution is -2.06. The van der Waals surface area contributed by atoms with Crippen molar-refractivity contribution in [3.63, 3.8) is 0 Å². The van der Waals surface area contributed by atoms with Crippen molar-refractivity contribution in [2.24, 2.45) is 0 Å². The summed E-state index contributed by atoms with van der Waals surface area (Å²) in [5, 5.41) is 1.19. The molecule has 0 aliphatic carbocycles. The molecule has 5 heteroatoms. The van der Waals surface area contributed by atoms with E-state index in [1.54, 1.807) is 30.3 Å². The third-order valence-electron chi connectivity index (χ3n) is 2.74. The average molecular weight is 341 g/mol. The van der Waals surface area contributed by atoms with Crippen molar-refractivity contribution >= 4 is 40.7 Å². The zero-order chi connectivity index (χ0) is 15.2. The van der Waals surface area contributed by atoms with Crippen LogP contribution in [0.4, 0.5) is 0 Å². The maximum atomic E-state index is 12.3. The van der Waals surface area contributed by atoms with Gasteiger partial charge in [-0.05, 0) is 37.3 Å². The first-order chi connectivity index (χ1) is 10.1. The lowest BCUT2D eigenvalue weighted by molar-refractivity contribution is 0.101. The number of carbonyl (C=O) groups is 1. The predicted octanol–water partition coefficient (Wildman–Crippen LogP) is 5.37. The normalized spacial score (nSPS) is 10.4. The Hall–Kier alpha value is -1.16. The zero-order valence-electron chi connectivity index (χ0n) is 11.4. The molecule has 0 atom stereocenters. The number of ketones is 1. The van der Waals surface area contributed by atoms with E-state index < -0.39 is 0 Å². The van der Waals surface area contributed by atoms with E-state index in [-0.39, 0.29) is 11.5 Å². The van der Waals surface area contributed by atoms with Gasteiger partial charge < -0.3 is 4.74 Å². The summed E-state index contributed by atoms with van der Waals surface area (Å²) in [5.74, 6) is 0.896. The molecule has 0 spiro atoms. The van der Waals surface area contributed by atoms with Gasteiger partial charge in [0.1, 0.15) is 5.75 Å². The number of hydrogen-bond donors (Lipinski definition) is 0. The van der Waals surface area contributed by atoms with Gasteiger partial charge in [-0.3, -0.25) is 4.79 Å². The summed E-state index contributed by atoms with van der Waals surface area (Å²) in [7, 11) is 0. The SMILES string of the molecule is CCOc1ccccc1C(=O)CSc1cc(Cl)ccc1Cl. The topological polar surface area (TPSA) is 26.3 Å². The largest absolute Gasteiger partial charge is 0.493 e. The third-order valence-corrected chi connectivity index (χ3v) is 4.47. The van der Waals surface area contributed by atoms with Crippen LogP contribution >= 0.6 is 35.0 Å². The van der Waals surface area contributed by atoms with Gasteiger partial charge >= 0.3 is 0 Å². The highest BCUT2D eigenvalue weighted by Crippen LogP contribution is 2.31. The van der Waals surface area contributed by atoms with Crippen LogP contribution in [0.2, 0.25) is 10.0 Å². The van der Waals surface area contributed by atoms with Crippen molar-refractivity contribution < 1.29 is 9.53 Å². The summed E-state index contributed by atoms with van der Waals surface area (Å²) in [5.41, 5.74) is 0.588. The summed E-state index contributed by atoms with van der Waals surface area (Å²) in [6.07, 6.45) is 0. The molecule has 0 aliphatic heterocycles. The molecular weight excluding hydrogens is 327 g/mol. The Kier molecular flexibility index (Phi) is 5.97. The van der Waals surface area contributed by atoms with E-state index in [2.05, 4.69) is 0 Å². The molecule has 2 nitrogen and oxygen atoms in total. The van der Waals surface area contributed by atoms with Gasteiger partial charge in [0.25, 0.3) is 0 Å². The monoisotopic (exact) mass is 340 g/mol. The first-order valence-electron chi connectivity index (χ1n) is 6.44. The standard InChI is InChI=1S/C16H14Cl2O2S/c1-2-20-15-6-4-3-5-12(15)14(19)10-21-16-9-11(17)7-8-13(16)18/h3-9H,2,10H2,1H3. The zero-order valence-corrected chi connectivity index (χ0v) is 13.8. The Bertz CT molecular complexity index is 644. The average Bonchev–Trinajstić information content (AvgIpc) is 2.49. The molecule has 0 aromatic heterocycles. The van der Waals surface area contributed by atoms with E-state index in [0.29, 0.717) is 28.0 Å². The quantitative estimate of drug-likeness (QED) is 0.522. The van der Waals surface area contributed by atoms with E-state index in [9.17, 15) is 4.79 Å². The van der Waals surface area contributed by atoms with Gasteiger partial charge in [-0.25, -0.2) is 0 Å². The van der Waals surface area contributed by atoms with Crippen molar-refractivity contribution in [1.82, 2.24) is 0 Å². The Labute approximate surface area is 138 Å². The summed E-state index contributed by atoms with van der Waals surface area (Å²) in [6.45, 7) is 2.42. The summed E-state index contributed by atoms with van der Waals surface area (Å²) in [6, 6.07) is 12.5. The predicted molar refractivity (Wildman–Crippen MR) is 89.1 cm³/mol. The Balaban J connectivity index is 2.10. The molecule has 0 saturated carbocycles. The molecule has 0 amide bonds. The fourth-order valence-electron chi connectivity index (χ4n) is 1.79. The van der Waals surface area contributed by atoms with Crippen molar-refractivity contribution in [3.8, 4) is 5.75 Å². The van der Waals surface area contributed by atoms with E-state index in [0.717, 1.165) is 4.90 Å². The number of benzene rings is 2. The number of rotatable bonds is 6. The highest BCUT2D eigenvalue weighted by molar-refractivity contribution is 8.00. The van der Waals surface area contributed by atoms with Crippen LogP contribution in [0.5, 0.6) is 5.75 Å². The molecule has 2 rings (SSSR count). The third kappa shape index (κ3) is 4.40. The van der Waals surface area contributed by atoms with Gasteiger partial charge in [0.15, 0.2) is 5.78 Å². The maximum absolute atomic E-state index is 12.3. The second kappa shape index (κ2) is 7.74.